The molecule has 0 aliphatic carbocycles. The Morgan fingerprint density at radius 1 is 0.338 bits per heavy atom. The SMILES string of the molecule is CC/C=C\C/C=C\C/C=C\CCCCCCCC(=O)OC(COCCCCCCCCCCCC/C=C\CCCCCCCC)COC(=O)CCCCCCCCCCCCCCCCCCC. The average Bonchev–Trinajstić information content (AvgIpc) is 3.34. The van der Waals surface area contributed by atoms with Crippen LogP contribution in [0, 0.1) is 0 Å². The van der Waals surface area contributed by atoms with Crippen LogP contribution in [0.15, 0.2) is 48.6 Å². The number of esters is 2. The first-order valence-corrected chi connectivity index (χ1v) is 30.2. The van der Waals surface area contributed by atoms with Gasteiger partial charge in [0.25, 0.3) is 0 Å². The van der Waals surface area contributed by atoms with E-state index in [1.165, 1.54) is 212 Å². The van der Waals surface area contributed by atoms with E-state index in [0.717, 1.165) is 70.6 Å². The van der Waals surface area contributed by atoms with Crippen LogP contribution in [0.25, 0.3) is 0 Å². The minimum Gasteiger partial charge on any atom is -0.462 e. The Bertz CT molecular complexity index is 1120. The summed E-state index contributed by atoms with van der Waals surface area (Å²) in [7, 11) is 0. The van der Waals surface area contributed by atoms with Crippen LogP contribution in [0.5, 0.6) is 0 Å². The summed E-state index contributed by atoms with van der Waals surface area (Å²) >= 11 is 0. The lowest BCUT2D eigenvalue weighted by atomic mass is 10.0. The first-order chi connectivity index (χ1) is 33.6. The van der Waals surface area contributed by atoms with Crippen molar-refractivity contribution in [3.8, 4) is 0 Å². The zero-order valence-corrected chi connectivity index (χ0v) is 45.9. The summed E-state index contributed by atoms with van der Waals surface area (Å²) < 4.78 is 17.5. The Kier molecular flexibility index (Phi) is 57.3. The third kappa shape index (κ3) is 56.4. The molecule has 0 fully saturated rings. The van der Waals surface area contributed by atoms with Crippen LogP contribution in [-0.2, 0) is 23.8 Å². The molecule has 68 heavy (non-hydrogen) atoms. The molecule has 0 rings (SSSR count). The van der Waals surface area contributed by atoms with E-state index >= 15 is 0 Å². The molecule has 0 bridgehead atoms. The Morgan fingerprint density at radius 3 is 1.07 bits per heavy atom. The lowest BCUT2D eigenvalue weighted by Crippen LogP contribution is -2.30. The fourth-order valence-electron chi connectivity index (χ4n) is 8.88. The predicted octanol–water partition coefficient (Wildman–Crippen LogP) is 20.7. The number of unbranched alkanes of at least 4 members (excludes halogenated alkanes) is 37. The van der Waals surface area contributed by atoms with Crippen molar-refractivity contribution in [3.63, 3.8) is 0 Å². The van der Waals surface area contributed by atoms with Gasteiger partial charge in [-0.3, -0.25) is 9.59 Å². The van der Waals surface area contributed by atoms with Crippen molar-refractivity contribution in [3.05, 3.63) is 48.6 Å². The van der Waals surface area contributed by atoms with Gasteiger partial charge in [0.2, 0.25) is 0 Å². The largest absolute Gasteiger partial charge is 0.462 e. The van der Waals surface area contributed by atoms with E-state index in [-0.39, 0.29) is 25.2 Å². The van der Waals surface area contributed by atoms with Crippen LogP contribution < -0.4 is 0 Å². The maximum absolute atomic E-state index is 12.9. The van der Waals surface area contributed by atoms with Crippen LogP contribution >= 0.6 is 0 Å². The number of carbonyl (C=O) groups is 2. The molecule has 1 unspecified atom stereocenters. The number of carbonyl (C=O) groups excluding carboxylic acids is 2. The molecule has 0 saturated heterocycles. The molecule has 5 heteroatoms. The molecule has 0 amide bonds. The zero-order valence-electron chi connectivity index (χ0n) is 45.9. The fourth-order valence-corrected chi connectivity index (χ4v) is 8.88. The molecule has 0 N–H and O–H groups in total. The highest BCUT2D eigenvalue weighted by Gasteiger charge is 2.17. The summed E-state index contributed by atoms with van der Waals surface area (Å²) in [4.78, 5) is 25.5. The lowest BCUT2D eigenvalue weighted by Gasteiger charge is -2.18. The maximum atomic E-state index is 12.9. The molecular weight excluding hydrogens is 837 g/mol. The second kappa shape index (κ2) is 59.2. The highest BCUT2D eigenvalue weighted by Crippen LogP contribution is 2.17. The van der Waals surface area contributed by atoms with Crippen LogP contribution in [-0.4, -0.2) is 37.9 Å². The summed E-state index contributed by atoms with van der Waals surface area (Å²) in [6.07, 6.45) is 74.3. The maximum Gasteiger partial charge on any atom is 0.306 e. The van der Waals surface area contributed by atoms with Gasteiger partial charge < -0.3 is 14.2 Å². The molecule has 5 nitrogen and oxygen atoms in total. The van der Waals surface area contributed by atoms with Gasteiger partial charge in [0.1, 0.15) is 6.61 Å². The molecule has 0 aromatic heterocycles. The third-order valence-corrected chi connectivity index (χ3v) is 13.3. The van der Waals surface area contributed by atoms with E-state index in [1.807, 2.05) is 0 Å². The van der Waals surface area contributed by atoms with E-state index in [4.69, 9.17) is 14.2 Å². The number of hydrogen-bond donors (Lipinski definition) is 0. The average molecular weight is 954 g/mol. The predicted molar refractivity (Wildman–Crippen MR) is 298 cm³/mol. The lowest BCUT2D eigenvalue weighted by molar-refractivity contribution is -0.163. The molecule has 0 radical (unpaired) electrons. The highest BCUT2D eigenvalue weighted by atomic mass is 16.6. The van der Waals surface area contributed by atoms with Crippen LogP contribution in [0.1, 0.15) is 316 Å². The summed E-state index contributed by atoms with van der Waals surface area (Å²) in [6, 6.07) is 0. The van der Waals surface area contributed by atoms with Gasteiger partial charge in [-0.25, -0.2) is 0 Å². The topological polar surface area (TPSA) is 61.8 Å². The van der Waals surface area contributed by atoms with Crippen molar-refractivity contribution in [2.45, 2.75) is 322 Å². The molecule has 1 atom stereocenters. The molecule has 0 aromatic carbocycles. The van der Waals surface area contributed by atoms with Crippen LogP contribution in [0.3, 0.4) is 0 Å². The molecule has 0 spiro atoms. The van der Waals surface area contributed by atoms with Gasteiger partial charge in [-0.15, -0.1) is 0 Å². The molecule has 0 aliphatic heterocycles. The van der Waals surface area contributed by atoms with Gasteiger partial charge in [0, 0.05) is 19.4 Å². The van der Waals surface area contributed by atoms with E-state index in [1.54, 1.807) is 0 Å². The molecule has 398 valence electrons. The summed E-state index contributed by atoms with van der Waals surface area (Å²) in [5.41, 5.74) is 0. The van der Waals surface area contributed by atoms with Crippen molar-refractivity contribution >= 4 is 11.9 Å². The van der Waals surface area contributed by atoms with Crippen molar-refractivity contribution < 1.29 is 23.8 Å². The quantitative estimate of drug-likeness (QED) is 0.0345. The minimum atomic E-state index is -0.544. The van der Waals surface area contributed by atoms with Crippen LogP contribution in [0.4, 0.5) is 0 Å². The van der Waals surface area contributed by atoms with Gasteiger partial charge in [-0.1, -0.05) is 275 Å². The number of ether oxygens (including phenoxy) is 3. The summed E-state index contributed by atoms with van der Waals surface area (Å²) in [5, 5.41) is 0. The normalized spacial score (nSPS) is 12.5. The van der Waals surface area contributed by atoms with E-state index in [2.05, 4.69) is 69.4 Å². The van der Waals surface area contributed by atoms with Crippen molar-refractivity contribution in [2.75, 3.05) is 19.8 Å². The molecule has 0 aromatic rings. The van der Waals surface area contributed by atoms with Gasteiger partial charge >= 0.3 is 11.9 Å². The molecule has 0 aliphatic rings. The van der Waals surface area contributed by atoms with Gasteiger partial charge in [0.05, 0.1) is 6.61 Å². The van der Waals surface area contributed by atoms with Gasteiger partial charge in [0.15, 0.2) is 6.10 Å². The van der Waals surface area contributed by atoms with Crippen molar-refractivity contribution in [1.29, 1.82) is 0 Å². The number of allylic oxidation sites excluding steroid dienone is 8. The van der Waals surface area contributed by atoms with Gasteiger partial charge in [-0.2, -0.15) is 0 Å². The number of rotatable bonds is 56. The second-order valence-corrected chi connectivity index (χ2v) is 20.2. The van der Waals surface area contributed by atoms with E-state index in [9.17, 15) is 9.59 Å². The Balaban J connectivity index is 4.24. The highest BCUT2D eigenvalue weighted by molar-refractivity contribution is 5.70. The fraction of sp³-hybridized carbons (Fsp3) is 0.841. The first-order valence-electron chi connectivity index (χ1n) is 30.2. The minimum absolute atomic E-state index is 0.0820. The summed E-state index contributed by atoms with van der Waals surface area (Å²) in [5.74, 6) is -0.399. The molecular formula is C63H116O5. The summed E-state index contributed by atoms with van der Waals surface area (Å²) in [6.45, 7) is 7.75. The van der Waals surface area contributed by atoms with Gasteiger partial charge in [-0.05, 0) is 77.0 Å². The van der Waals surface area contributed by atoms with Crippen molar-refractivity contribution in [1.82, 2.24) is 0 Å². The molecule has 0 heterocycles. The van der Waals surface area contributed by atoms with E-state index < -0.39 is 6.10 Å². The van der Waals surface area contributed by atoms with Crippen LogP contribution in [0.2, 0.25) is 0 Å². The Morgan fingerprint density at radius 2 is 0.662 bits per heavy atom. The third-order valence-electron chi connectivity index (χ3n) is 13.3. The van der Waals surface area contributed by atoms with E-state index in [0.29, 0.717) is 19.4 Å². The second-order valence-electron chi connectivity index (χ2n) is 20.2. The standard InChI is InChI=1S/C63H116O5/c1-4-7-10-13-16-19-22-25-28-30-31-32-34-37-40-43-46-49-52-55-58-66-59-61(68-63(65)57-54-51-48-45-42-39-35-27-24-21-18-15-12-9-6-3)60-67-62(64)56-53-50-47-44-41-38-36-33-29-26-23-20-17-14-11-8-5-2/h9,12,18,21,25,27-28,35,61H,4-8,10-11,13-17,19-20,22-24,26,29-34,36-60H2,1-3H3/b12-9-,21-18-,28-25-,35-27-. The molecule has 0 saturated carbocycles. The monoisotopic (exact) mass is 953 g/mol. The van der Waals surface area contributed by atoms with Crippen molar-refractivity contribution in [2.24, 2.45) is 0 Å². The Labute approximate surface area is 424 Å². The number of hydrogen-bond acceptors (Lipinski definition) is 5. The first kappa shape index (κ1) is 65.9. The smallest absolute Gasteiger partial charge is 0.306 e. The zero-order chi connectivity index (χ0) is 49.2. The Hall–Kier alpha value is -2.14.